The Morgan fingerprint density at radius 2 is 1.92 bits per heavy atom. The van der Waals surface area contributed by atoms with E-state index in [4.69, 9.17) is 4.74 Å². The highest BCUT2D eigenvalue weighted by Crippen LogP contribution is 2.34. The van der Waals surface area contributed by atoms with E-state index in [0.29, 0.717) is 17.9 Å². The minimum absolute atomic E-state index is 0.0577. The van der Waals surface area contributed by atoms with Gasteiger partial charge in [0.25, 0.3) is 0 Å². The van der Waals surface area contributed by atoms with Gasteiger partial charge in [-0.05, 0) is 39.5 Å². The number of alkyl carbamates (subject to hydrolysis) is 1. The molecule has 142 valence electrons. The van der Waals surface area contributed by atoms with Crippen LogP contribution in [0, 0.1) is 5.92 Å². The SMILES string of the molecule is CC(C)(C)OC(=O)NCC1CCCCC1Nc1nnc(C(F)(F)F)s1. The smallest absolute Gasteiger partial charge is 0.444 e. The number of carbonyl (C=O) groups is 1. The van der Waals surface area contributed by atoms with E-state index in [0.717, 1.165) is 25.7 Å². The van der Waals surface area contributed by atoms with Gasteiger partial charge in [-0.2, -0.15) is 13.2 Å². The van der Waals surface area contributed by atoms with Crippen LogP contribution in [0.25, 0.3) is 0 Å². The van der Waals surface area contributed by atoms with Gasteiger partial charge in [0.1, 0.15) is 5.60 Å². The molecule has 1 saturated carbocycles. The van der Waals surface area contributed by atoms with Crippen LogP contribution in [-0.2, 0) is 10.9 Å². The van der Waals surface area contributed by atoms with Crippen molar-refractivity contribution in [1.29, 1.82) is 0 Å². The largest absolute Gasteiger partial charge is 0.445 e. The summed E-state index contributed by atoms with van der Waals surface area (Å²) in [7, 11) is 0. The van der Waals surface area contributed by atoms with Gasteiger partial charge < -0.3 is 15.4 Å². The van der Waals surface area contributed by atoms with Crippen molar-refractivity contribution >= 4 is 22.6 Å². The van der Waals surface area contributed by atoms with Crippen LogP contribution >= 0.6 is 11.3 Å². The maximum Gasteiger partial charge on any atom is 0.445 e. The molecule has 1 aliphatic carbocycles. The number of hydrogen-bond donors (Lipinski definition) is 2. The van der Waals surface area contributed by atoms with E-state index < -0.39 is 22.9 Å². The Balaban J connectivity index is 1.92. The van der Waals surface area contributed by atoms with E-state index in [9.17, 15) is 18.0 Å². The molecule has 1 fully saturated rings. The summed E-state index contributed by atoms with van der Waals surface area (Å²) in [6.07, 6.45) is -1.30. The molecule has 2 unspecified atom stereocenters. The standard InChI is InChI=1S/C15H23F3N4O2S/c1-14(2,3)24-13(23)19-8-9-6-4-5-7-10(9)20-12-22-21-11(25-12)15(16,17)18/h9-10H,4-8H2,1-3H3,(H,19,23)(H,20,22). The molecule has 1 heterocycles. The third-order valence-corrected chi connectivity index (χ3v) is 4.69. The number of nitrogens with one attached hydrogen (secondary N) is 2. The van der Waals surface area contributed by atoms with Crippen LogP contribution in [0.2, 0.25) is 0 Å². The zero-order chi connectivity index (χ0) is 18.7. The lowest BCUT2D eigenvalue weighted by atomic mass is 9.84. The predicted molar refractivity (Wildman–Crippen MR) is 88.5 cm³/mol. The van der Waals surface area contributed by atoms with Gasteiger partial charge in [0.15, 0.2) is 0 Å². The Kier molecular flexibility index (Phi) is 6.12. The Bertz CT molecular complexity index is 586. The number of alkyl halides is 3. The number of halogens is 3. The quantitative estimate of drug-likeness (QED) is 0.824. The summed E-state index contributed by atoms with van der Waals surface area (Å²) in [5, 5.41) is 11.7. The Morgan fingerprint density at radius 3 is 2.52 bits per heavy atom. The summed E-state index contributed by atoms with van der Waals surface area (Å²) in [6, 6.07) is -0.0577. The molecule has 6 nitrogen and oxygen atoms in total. The number of amides is 1. The summed E-state index contributed by atoms with van der Waals surface area (Å²) in [6.45, 7) is 5.75. The molecule has 1 aromatic heterocycles. The fourth-order valence-corrected chi connectivity index (χ4v) is 3.40. The predicted octanol–water partition coefficient (Wildman–Crippen LogP) is 4.05. The molecule has 2 atom stereocenters. The number of anilines is 1. The molecular weight excluding hydrogens is 357 g/mol. The molecule has 2 rings (SSSR count). The molecule has 25 heavy (non-hydrogen) atoms. The minimum Gasteiger partial charge on any atom is -0.444 e. The lowest BCUT2D eigenvalue weighted by Crippen LogP contribution is -2.42. The van der Waals surface area contributed by atoms with E-state index in [-0.39, 0.29) is 17.1 Å². The molecule has 1 aliphatic rings. The van der Waals surface area contributed by atoms with Gasteiger partial charge in [-0.1, -0.05) is 24.2 Å². The first kappa shape index (κ1) is 19.7. The van der Waals surface area contributed by atoms with Crippen LogP contribution < -0.4 is 10.6 Å². The summed E-state index contributed by atoms with van der Waals surface area (Å²) in [5.74, 6) is 0.0968. The van der Waals surface area contributed by atoms with Crippen LogP contribution in [0.15, 0.2) is 0 Å². The average Bonchev–Trinajstić information content (AvgIpc) is 2.93. The van der Waals surface area contributed by atoms with Crippen molar-refractivity contribution in [3.05, 3.63) is 5.01 Å². The van der Waals surface area contributed by atoms with E-state index in [2.05, 4.69) is 20.8 Å². The van der Waals surface area contributed by atoms with Crippen molar-refractivity contribution in [2.75, 3.05) is 11.9 Å². The zero-order valence-electron chi connectivity index (χ0n) is 14.4. The van der Waals surface area contributed by atoms with Gasteiger partial charge in [0.05, 0.1) is 0 Å². The van der Waals surface area contributed by atoms with Crippen LogP contribution in [-0.4, -0.2) is 34.5 Å². The van der Waals surface area contributed by atoms with Crippen LogP contribution in [0.3, 0.4) is 0 Å². The molecule has 0 radical (unpaired) electrons. The topological polar surface area (TPSA) is 76.1 Å². The first-order valence-corrected chi connectivity index (χ1v) is 9.00. The van der Waals surface area contributed by atoms with E-state index in [1.165, 1.54) is 0 Å². The molecular formula is C15H23F3N4O2S. The molecule has 2 N–H and O–H groups in total. The van der Waals surface area contributed by atoms with Gasteiger partial charge in [-0.25, -0.2) is 4.79 Å². The second kappa shape index (κ2) is 7.76. The number of nitrogens with zero attached hydrogens (tertiary/aromatic N) is 2. The summed E-state index contributed by atoms with van der Waals surface area (Å²) < 4.78 is 43.1. The molecule has 0 bridgehead atoms. The van der Waals surface area contributed by atoms with Crippen molar-refractivity contribution in [3.63, 3.8) is 0 Å². The fraction of sp³-hybridized carbons (Fsp3) is 0.800. The van der Waals surface area contributed by atoms with Crippen LogP contribution in [0.4, 0.5) is 23.1 Å². The molecule has 1 amide bonds. The normalized spacial score (nSPS) is 21.7. The van der Waals surface area contributed by atoms with E-state index in [1.807, 2.05) is 0 Å². The summed E-state index contributed by atoms with van der Waals surface area (Å²) in [4.78, 5) is 11.8. The van der Waals surface area contributed by atoms with Gasteiger partial charge >= 0.3 is 12.3 Å². The highest BCUT2D eigenvalue weighted by atomic mass is 32.1. The number of hydrogen-bond acceptors (Lipinski definition) is 6. The summed E-state index contributed by atoms with van der Waals surface area (Å²) in [5.41, 5.74) is -0.575. The third-order valence-electron chi connectivity index (χ3n) is 3.79. The van der Waals surface area contributed by atoms with Crippen molar-refractivity contribution in [1.82, 2.24) is 15.5 Å². The second-order valence-electron chi connectivity index (χ2n) is 7.09. The highest BCUT2D eigenvalue weighted by Gasteiger charge is 2.36. The third kappa shape index (κ3) is 6.33. The lowest BCUT2D eigenvalue weighted by Gasteiger charge is -2.32. The van der Waals surface area contributed by atoms with Gasteiger partial charge in [0, 0.05) is 12.6 Å². The number of rotatable bonds is 4. The number of aromatic nitrogens is 2. The van der Waals surface area contributed by atoms with Gasteiger partial charge in [-0.15, -0.1) is 10.2 Å². The fourth-order valence-electron chi connectivity index (χ4n) is 2.73. The molecule has 0 saturated heterocycles. The Morgan fingerprint density at radius 1 is 1.24 bits per heavy atom. The molecule has 0 spiro atoms. The average molecular weight is 380 g/mol. The molecule has 10 heteroatoms. The zero-order valence-corrected chi connectivity index (χ0v) is 15.3. The van der Waals surface area contributed by atoms with Crippen molar-refractivity contribution in [3.8, 4) is 0 Å². The Labute approximate surface area is 148 Å². The first-order valence-electron chi connectivity index (χ1n) is 8.19. The van der Waals surface area contributed by atoms with Gasteiger partial charge in [-0.3, -0.25) is 0 Å². The van der Waals surface area contributed by atoms with Crippen molar-refractivity contribution < 1.29 is 22.7 Å². The molecule has 1 aromatic rings. The summed E-state index contributed by atoms with van der Waals surface area (Å²) >= 11 is 0.497. The lowest BCUT2D eigenvalue weighted by molar-refractivity contribution is -0.138. The molecule has 0 aliphatic heterocycles. The monoisotopic (exact) mass is 380 g/mol. The molecule has 0 aromatic carbocycles. The first-order chi connectivity index (χ1) is 11.5. The highest BCUT2D eigenvalue weighted by molar-refractivity contribution is 7.15. The van der Waals surface area contributed by atoms with E-state index in [1.54, 1.807) is 20.8 Å². The number of carbonyl (C=O) groups excluding carboxylic acids is 1. The number of ether oxygens (including phenoxy) is 1. The maximum absolute atomic E-state index is 12.6. The van der Waals surface area contributed by atoms with Crippen molar-refractivity contribution in [2.24, 2.45) is 5.92 Å². The Hall–Kier alpha value is -1.58. The van der Waals surface area contributed by atoms with E-state index >= 15 is 0 Å². The maximum atomic E-state index is 12.6. The van der Waals surface area contributed by atoms with Crippen LogP contribution in [0.5, 0.6) is 0 Å². The van der Waals surface area contributed by atoms with Gasteiger partial charge in [0.2, 0.25) is 10.1 Å². The second-order valence-corrected chi connectivity index (χ2v) is 8.07. The van der Waals surface area contributed by atoms with Crippen LogP contribution in [0.1, 0.15) is 51.5 Å². The minimum atomic E-state index is -4.48. The van der Waals surface area contributed by atoms with Crippen molar-refractivity contribution in [2.45, 2.75) is 64.3 Å².